The predicted molar refractivity (Wildman–Crippen MR) is 111 cm³/mol. The molecule has 4 rings (SSSR count). The minimum Gasteiger partial charge on any atom is -0.388 e. The van der Waals surface area contributed by atoms with Crippen LogP contribution in [0.25, 0.3) is 10.2 Å². The molecule has 1 aliphatic heterocycles. The van der Waals surface area contributed by atoms with Crippen LogP contribution in [0.15, 0.2) is 41.8 Å². The highest BCUT2D eigenvalue weighted by molar-refractivity contribution is 7.17. The molecule has 0 radical (unpaired) electrons. The Morgan fingerprint density at radius 1 is 1.24 bits per heavy atom. The number of carbonyl (C=O) groups excluding carboxylic acids is 2. The van der Waals surface area contributed by atoms with Crippen LogP contribution in [0.5, 0.6) is 0 Å². The maximum absolute atomic E-state index is 13.0. The quantitative estimate of drug-likeness (QED) is 0.492. The lowest BCUT2D eigenvalue weighted by Gasteiger charge is -2.24. The van der Waals surface area contributed by atoms with E-state index < -0.39 is 24.2 Å². The Labute approximate surface area is 175 Å². The number of aliphatic hydroxyl groups excluding tert-OH is 2. The molecule has 1 fully saturated rings. The maximum atomic E-state index is 13.0. The number of rotatable bonds is 5. The van der Waals surface area contributed by atoms with Crippen molar-refractivity contribution in [3.63, 3.8) is 0 Å². The molecular weight excluding hydrogens is 414 g/mol. The molecule has 0 unspecified atom stereocenters. The molecule has 1 aromatic carbocycles. The summed E-state index contributed by atoms with van der Waals surface area (Å²) in [7, 11) is 0. The van der Waals surface area contributed by atoms with Crippen molar-refractivity contribution in [3.8, 4) is 0 Å². The fourth-order valence-electron chi connectivity index (χ4n) is 3.46. The van der Waals surface area contributed by atoms with Crippen LogP contribution in [0.2, 0.25) is 5.02 Å². The van der Waals surface area contributed by atoms with Gasteiger partial charge in [-0.2, -0.15) is 0 Å². The zero-order valence-corrected chi connectivity index (χ0v) is 16.9. The zero-order chi connectivity index (χ0) is 20.5. The number of nitrogens with zero attached hydrogens (tertiary/aromatic N) is 1. The number of carbonyl (C=O) groups is 2. The summed E-state index contributed by atoms with van der Waals surface area (Å²) in [6.45, 7) is 0.0734. The van der Waals surface area contributed by atoms with Gasteiger partial charge in [0.25, 0.3) is 5.91 Å². The highest BCUT2D eigenvalue weighted by atomic mass is 35.5. The maximum Gasteiger partial charge on any atom is 0.268 e. The average Bonchev–Trinajstić information content (AvgIpc) is 3.38. The van der Waals surface area contributed by atoms with Gasteiger partial charge in [0.15, 0.2) is 0 Å². The van der Waals surface area contributed by atoms with Crippen LogP contribution in [0.4, 0.5) is 0 Å². The number of aliphatic hydroxyl groups is 2. The molecule has 0 spiro atoms. The molecule has 4 N–H and O–H groups in total. The first-order valence-corrected chi connectivity index (χ1v) is 10.4. The second kappa shape index (κ2) is 8.16. The van der Waals surface area contributed by atoms with Gasteiger partial charge >= 0.3 is 0 Å². The molecule has 0 saturated carbocycles. The fraction of sp³-hybridized carbons (Fsp3) is 0.300. The number of β-amino-alcohol motifs (C(OH)–C–C–N with tert-alkyl or cyclic N) is 2. The van der Waals surface area contributed by atoms with Gasteiger partial charge in [0, 0.05) is 24.9 Å². The molecular formula is C20H20ClN3O4S. The molecule has 9 heteroatoms. The molecule has 3 aromatic rings. The van der Waals surface area contributed by atoms with E-state index in [0.29, 0.717) is 22.7 Å². The van der Waals surface area contributed by atoms with Gasteiger partial charge in [-0.3, -0.25) is 9.59 Å². The van der Waals surface area contributed by atoms with Gasteiger partial charge in [0.05, 0.1) is 27.4 Å². The van der Waals surface area contributed by atoms with Gasteiger partial charge in [-0.25, -0.2) is 0 Å². The highest BCUT2D eigenvalue weighted by Crippen LogP contribution is 2.30. The van der Waals surface area contributed by atoms with Gasteiger partial charge in [0.1, 0.15) is 11.7 Å². The second-order valence-electron chi connectivity index (χ2n) is 7.10. The lowest BCUT2D eigenvalue weighted by atomic mass is 10.0. The first kappa shape index (κ1) is 19.9. The third-order valence-electron chi connectivity index (χ3n) is 5.01. The third kappa shape index (κ3) is 4.16. The molecule has 2 aromatic heterocycles. The summed E-state index contributed by atoms with van der Waals surface area (Å²) in [6, 6.07) is 10.2. The standard InChI is InChI=1S/C20H20ClN3O4S/c21-12-10-29-17-7-13(22-18(12)17)19(27)23-14(6-11-4-2-1-3-5-11)20(28)24-8-15(25)16(26)9-24/h1-5,7,10,14-16,22,25-26H,6,8-9H2,(H,23,27)/t14-,15-,16+/m0/s1. The lowest BCUT2D eigenvalue weighted by molar-refractivity contribution is -0.132. The number of nitrogens with one attached hydrogen (secondary N) is 2. The molecule has 29 heavy (non-hydrogen) atoms. The number of likely N-dealkylation sites (tertiary alicyclic amines) is 1. The van der Waals surface area contributed by atoms with E-state index in [1.165, 1.54) is 16.2 Å². The van der Waals surface area contributed by atoms with Crippen molar-refractivity contribution in [2.24, 2.45) is 0 Å². The molecule has 7 nitrogen and oxygen atoms in total. The van der Waals surface area contributed by atoms with Crippen molar-refractivity contribution in [2.75, 3.05) is 13.1 Å². The van der Waals surface area contributed by atoms with E-state index in [0.717, 1.165) is 10.3 Å². The molecule has 1 saturated heterocycles. The van der Waals surface area contributed by atoms with E-state index in [9.17, 15) is 19.8 Å². The zero-order valence-electron chi connectivity index (χ0n) is 15.3. The molecule has 152 valence electrons. The van der Waals surface area contributed by atoms with Gasteiger partial charge in [-0.05, 0) is 11.6 Å². The van der Waals surface area contributed by atoms with Gasteiger partial charge in [-0.1, -0.05) is 41.9 Å². The van der Waals surface area contributed by atoms with Crippen LogP contribution < -0.4 is 5.32 Å². The summed E-state index contributed by atoms with van der Waals surface area (Å²) in [4.78, 5) is 30.2. The summed E-state index contributed by atoms with van der Waals surface area (Å²) >= 11 is 7.53. The summed E-state index contributed by atoms with van der Waals surface area (Å²) < 4.78 is 0.858. The van der Waals surface area contributed by atoms with E-state index in [1.807, 2.05) is 30.3 Å². The molecule has 0 aliphatic carbocycles. The Hall–Kier alpha value is -2.39. The molecule has 2 amide bonds. The first-order valence-electron chi connectivity index (χ1n) is 9.18. The number of aromatic amines is 1. The smallest absolute Gasteiger partial charge is 0.268 e. The van der Waals surface area contributed by atoms with E-state index in [4.69, 9.17) is 11.6 Å². The average molecular weight is 434 g/mol. The number of thiophene rings is 1. The minimum absolute atomic E-state index is 0.0367. The van der Waals surface area contributed by atoms with Crippen molar-refractivity contribution in [2.45, 2.75) is 24.7 Å². The monoisotopic (exact) mass is 433 g/mol. The Kier molecular flexibility index (Phi) is 5.60. The SMILES string of the molecule is O=C(N[C@@H](Cc1ccccc1)C(=O)N1C[C@@H](O)[C@@H](O)C1)c1cc2scc(Cl)c2[nH]1. The predicted octanol–water partition coefficient (Wildman–Crippen LogP) is 1.79. The van der Waals surface area contributed by atoms with Crippen LogP contribution in [0, 0.1) is 0 Å². The van der Waals surface area contributed by atoms with Crippen molar-refractivity contribution < 1.29 is 19.8 Å². The number of aromatic nitrogens is 1. The number of fused-ring (bicyclic) bond motifs is 1. The largest absolute Gasteiger partial charge is 0.388 e. The van der Waals surface area contributed by atoms with Crippen LogP contribution in [-0.4, -0.2) is 63.3 Å². The van der Waals surface area contributed by atoms with Crippen LogP contribution >= 0.6 is 22.9 Å². The Morgan fingerprint density at radius 2 is 1.93 bits per heavy atom. The Morgan fingerprint density at radius 3 is 2.59 bits per heavy atom. The third-order valence-corrected chi connectivity index (χ3v) is 6.37. The van der Waals surface area contributed by atoms with E-state index in [2.05, 4.69) is 10.3 Å². The van der Waals surface area contributed by atoms with Crippen LogP contribution in [0.3, 0.4) is 0 Å². The highest BCUT2D eigenvalue weighted by Gasteiger charge is 2.36. The van der Waals surface area contributed by atoms with Gasteiger partial charge in [0.2, 0.25) is 5.91 Å². The van der Waals surface area contributed by atoms with Gasteiger partial charge in [-0.15, -0.1) is 11.3 Å². The topological polar surface area (TPSA) is 106 Å². The normalized spacial score (nSPS) is 20.2. The van der Waals surface area contributed by atoms with Crippen molar-refractivity contribution in [1.82, 2.24) is 15.2 Å². The number of H-pyrrole nitrogens is 1. The number of hydrogen-bond donors (Lipinski definition) is 4. The minimum atomic E-state index is -0.982. The van der Waals surface area contributed by atoms with Crippen molar-refractivity contribution in [1.29, 1.82) is 0 Å². The lowest BCUT2D eigenvalue weighted by Crippen LogP contribution is -2.49. The van der Waals surface area contributed by atoms with Gasteiger partial charge < -0.3 is 25.4 Å². The summed E-state index contributed by atoms with van der Waals surface area (Å²) in [6.07, 6.45) is -1.67. The number of halogens is 1. The molecule has 0 bridgehead atoms. The van der Waals surface area contributed by atoms with Crippen molar-refractivity contribution in [3.05, 3.63) is 58.1 Å². The summed E-state index contributed by atoms with van der Waals surface area (Å²) in [5, 5.41) is 24.7. The Bertz CT molecular complexity index is 1020. The molecule has 3 heterocycles. The van der Waals surface area contributed by atoms with Crippen LogP contribution in [-0.2, 0) is 11.2 Å². The number of hydrogen-bond acceptors (Lipinski definition) is 5. The van der Waals surface area contributed by atoms with E-state index >= 15 is 0 Å². The van der Waals surface area contributed by atoms with Crippen LogP contribution in [0.1, 0.15) is 16.1 Å². The Balaban J connectivity index is 1.55. The summed E-state index contributed by atoms with van der Waals surface area (Å²) in [5.41, 5.74) is 1.90. The summed E-state index contributed by atoms with van der Waals surface area (Å²) in [5.74, 6) is -0.761. The number of amides is 2. The first-order chi connectivity index (χ1) is 13.9. The number of benzene rings is 1. The molecule has 3 atom stereocenters. The van der Waals surface area contributed by atoms with E-state index in [-0.39, 0.29) is 19.0 Å². The fourth-order valence-corrected chi connectivity index (χ4v) is 4.61. The molecule has 1 aliphatic rings. The van der Waals surface area contributed by atoms with E-state index in [1.54, 1.807) is 11.4 Å². The second-order valence-corrected chi connectivity index (χ2v) is 8.42. The van der Waals surface area contributed by atoms with Crippen molar-refractivity contribution >= 4 is 45.0 Å².